The molecule has 0 atom stereocenters. The van der Waals surface area contributed by atoms with Crippen LogP contribution in [0.4, 0.5) is 0 Å². The van der Waals surface area contributed by atoms with Gasteiger partial charge in [0.25, 0.3) is 0 Å². The lowest BCUT2D eigenvalue weighted by molar-refractivity contribution is 0.314. The van der Waals surface area contributed by atoms with Gasteiger partial charge in [0, 0.05) is 16.6 Å². The van der Waals surface area contributed by atoms with Gasteiger partial charge in [-0.3, -0.25) is 0 Å². The Morgan fingerprint density at radius 3 is 2.89 bits per heavy atom. The molecule has 0 aromatic heterocycles. The van der Waals surface area contributed by atoms with Crippen molar-refractivity contribution in [1.82, 2.24) is 5.32 Å². The summed E-state index contributed by atoms with van der Waals surface area (Å²) in [5.41, 5.74) is 1.23. The topological polar surface area (TPSA) is 21.3 Å². The molecule has 1 rings (SSSR count). The number of nitrogens with one attached hydrogen (secondary N) is 1. The molecule has 0 aliphatic carbocycles. The second-order valence-electron chi connectivity index (χ2n) is 4.33. The molecule has 1 aromatic carbocycles. The molecule has 0 saturated carbocycles. The van der Waals surface area contributed by atoms with Gasteiger partial charge in [-0.15, -0.1) is 0 Å². The van der Waals surface area contributed by atoms with Gasteiger partial charge in [0.05, 0.1) is 6.61 Å². The highest BCUT2D eigenvalue weighted by atomic mass is 79.9. The van der Waals surface area contributed by atoms with E-state index in [0.717, 1.165) is 42.8 Å². The molecule has 0 fully saturated rings. The van der Waals surface area contributed by atoms with Crippen molar-refractivity contribution in [3.63, 3.8) is 0 Å². The van der Waals surface area contributed by atoms with Gasteiger partial charge in [0.1, 0.15) is 5.75 Å². The molecule has 0 aliphatic heterocycles. The maximum absolute atomic E-state index is 5.90. The average molecular weight is 346 g/mol. The standard InChI is InChI=1S/C15H24BrNOS/c1-3-8-17-12-13-11-14(16)6-7-15(13)18-9-5-10-19-4-2/h6-7,11,17H,3-5,8-10,12H2,1-2H3. The smallest absolute Gasteiger partial charge is 0.123 e. The van der Waals surface area contributed by atoms with Crippen LogP contribution in [0.1, 0.15) is 32.3 Å². The van der Waals surface area contributed by atoms with Crippen molar-refractivity contribution in [2.75, 3.05) is 24.7 Å². The molecular weight excluding hydrogens is 322 g/mol. The minimum Gasteiger partial charge on any atom is -0.493 e. The number of halogens is 1. The zero-order valence-corrected chi connectivity index (χ0v) is 14.3. The molecule has 4 heteroatoms. The Morgan fingerprint density at radius 2 is 2.16 bits per heavy atom. The van der Waals surface area contributed by atoms with E-state index in [9.17, 15) is 0 Å². The van der Waals surface area contributed by atoms with Crippen molar-refractivity contribution in [2.45, 2.75) is 33.2 Å². The summed E-state index contributed by atoms with van der Waals surface area (Å²) in [6.45, 7) is 7.08. The van der Waals surface area contributed by atoms with Crippen molar-refractivity contribution in [3.8, 4) is 5.75 Å². The molecule has 0 aliphatic rings. The summed E-state index contributed by atoms with van der Waals surface area (Å²) in [6, 6.07) is 6.23. The highest BCUT2D eigenvalue weighted by molar-refractivity contribution is 9.10. The Hall–Kier alpha value is -0.190. The first-order chi connectivity index (χ1) is 9.27. The third-order valence-electron chi connectivity index (χ3n) is 2.66. The lowest BCUT2D eigenvalue weighted by Crippen LogP contribution is -2.15. The Balaban J connectivity index is 2.45. The van der Waals surface area contributed by atoms with Crippen molar-refractivity contribution >= 4 is 27.7 Å². The van der Waals surface area contributed by atoms with Crippen LogP contribution in [0.15, 0.2) is 22.7 Å². The number of thioether (sulfide) groups is 1. The molecule has 0 bridgehead atoms. The number of rotatable bonds is 10. The largest absolute Gasteiger partial charge is 0.493 e. The summed E-state index contributed by atoms with van der Waals surface area (Å²) in [6.07, 6.45) is 2.26. The first kappa shape index (κ1) is 16.9. The van der Waals surface area contributed by atoms with Crippen molar-refractivity contribution in [1.29, 1.82) is 0 Å². The molecule has 0 saturated heterocycles. The Kier molecular flexibility index (Phi) is 9.39. The summed E-state index contributed by atoms with van der Waals surface area (Å²) < 4.78 is 7.00. The number of hydrogen-bond acceptors (Lipinski definition) is 3. The number of benzene rings is 1. The highest BCUT2D eigenvalue weighted by Crippen LogP contribution is 2.23. The minimum absolute atomic E-state index is 0.801. The maximum Gasteiger partial charge on any atom is 0.123 e. The average Bonchev–Trinajstić information content (AvgIpc) is 2.41. The van der Waals surface area contributed by atoms with Crippen LogP contribution < -0.4 is 10.1 Å². The lowest BCUT2D eigenvalue weighted by Gasteiger charge is -2.12. The third kappa shape index (κ3) is 7.23. The molecule has 1 aromatic rings. The van der Waals surface area contributed by atoms with Gasteiger partial charge in [-0.1, -0.05) is 29.8 Å². The Morgan fingerprint density at radius 1 is 1.32 bits per heavy atom. The van der Waals surface area contributed by atoms with Gasteiger partial charge in [0.2, 0.25) is 0 Å². The van der Waals surface area contributed by atoms with E-state index in [1.807, 2.05) is 17.8 Å². The van der Waals surface area contributed by atoms with E-state index in [0.29, 0.717) is 0 Å². The van der Waals surface area contributed by atoms with Gasteiger partial charge in [-0.25, -0.2) is 0 Å². The summed E-state index contributed by atoms with van der Waals surface area (Å²) in [4.78, 5) is 0. The third-order valence-corrected chi connectivity index (χ3v) is 4.14. The van der Waals surface area contributed by atoms with E-state index in [1.165, 1.54) is 17.1 Å². The molecule has 0 heterocycles. The predicted molar refractivity (Wildman–Crippen MR) is 89.3 cm³/mol. The van der Waals surface area contributed by atoms with Gasteiger partial charge in [-0.2, -0.15) is 11.8 Å². The van der Waals surface area contributed by atoms with Crippen LogP contribution in [-0.4, -0.2) is 24.7 Å². The van der Waals surface area contributed by atoms with Crippen LogP contribution in [0.5, 0.6) is 5.75 Å². The van der Waals surface area contributed by atoms with Gasteiger partial charge < -0.3 is 10.1 Å². The summed E-state index contributed by atoms with van der Waals surface area (Å²) >= 11 is 5.49. The molecule has 2 nitrogen and oxygen atoms in total. The Bertz CT molecular complexity index is 360. The maximum atomic E-state index is 5.90. The van der Waals surface area contributed by atoms with Gasteiger partial charge in [-0.05, 0) is 49.1 Å². The van der Waals surface area contributed by atoms with E-state index in [-0.39, 0.29) is 0 Å². The number of ether oxygens (including phenoxy) is 1. The van der Waals surface area contributed by atoms with Gasteiger partial charge >= 0.3 is 0 Å². The molecule has 0 spiro atoms. The van der Waals surface area contributed by atoms with Crippen LogP contribution >= 0.6 is 27.7 Å². The molecule has 0 amide bonds. The second kappa shape index (κ2) is 10.6. The predicted octanol–water partition coefficient (Wildman–Crippen LogP) is 4.47. The van der Waals surface area contributed by atoms with E-state index in [2.05, 4.69) is 47.2 Å². The molecular formula is C15H24BrNOS. The molecule has 108 valence electrons. The fraction of sp³-hybridized carbons (Fsp3) is 0.600. The monoisotopic (exact) mass is 345 g/mol. The highest BCUT2D eigenvalue weighted by Gasteiger charge is 2.04. The Labute approximate surface area is 129 Å². The molecule has 0 radical (unpaired) electrons. The normalized spacial score (nSPS) is 10.7. The quantitative estimate of drug-likeness (QED) is 0.632. The lowest BCUT2D eigenvalue weighted by atomic mass is 10.2. The molecule has 1 N–H and O–H groups in total. The van der Waals surface area contributed by atoms with Gasteiger partial charge in [0.15, 0.2) is 0 Å². The van der Waals surface area contributed by atoms with E-state index < -0.39 is 0 Å². The SMILES string of the molecule is CCCNCc1cc(Br)ccc1OCCCSCC. The van der Waals surface area contributed by atoms with Crippen LogP contribution in [0.25, 0.3) is 0 Å². The summed E-state index contributed by atoms with van der Waals surface area (Å²) in [7, 11) is 0. The van der Waals surface area contributed by atoms with Crippen LogP contribution in [0.3, 0.4) is 0 Å². The van der Waals surface area contributed by atoms with Crippen LogP contribution in [0.2, 0.25) is 0 Å². The van der Waals surface area contributed by atoms with Crippen molar-refractivity contribution in [2.24, 2.45) is 0 Å². The fourth-order valence-corrected chi connectivity index (χ4v) is 2.73. The van der Waals surface area contributed by atoms with E-state index in [1.54, 1.807) is 0 Å². The van der Waals surface area contributed by atoms with Crippen molar-refractivity contribution < 1.29 is 4.74 Å². The molecule has 0 unspecified atom stereocenters. The fourth-order valence-electron chi connectivity index (χ4n) is 1.71. The van der Waals surface area contributed by atoms with Crippen molar-refractivity contribution in [3.05, 3.63) is 28.2 Å². The van der Waals surface area contributed by atoms with Crippen LogP contribution in [-0.2, 0) is 6.54 Å². The first-order valence-corrected chi connectivity index (χ1v) is 8.92. The number of hydrogen-bond donors (Lipinski definition) is 1. The summed E-state index contributed by atoms with van der Waals surface area (Å²) in [5, 5.41) is 3.42. The molecule has 19 heavy (non-hydrogen) atoms. The van der Waals surface area contributed by atoms with Crippen LogP contribution in [0, 0.1) is 0 Å². The zero-order chi connectivity index (χ0) is 13.9. The first-order valence-electron chi connectivity index (χ1n) is 6.97. The summed E-state index contributed by atoms with van der Waals surface area (Å²) in [5.74, 6) is 3.37. The van der Waals surface area contributed by atoms with E-state index >= 15 is 0 Å². The minimum atomic E-state index is 0.801. The van der Waals surface area contributed by atoms with E-state index in [4.69, 9.17) is 4.74 Å². The second-order valence-corrected chi connectivity index (χ2v) is 6.64. The zero-order valence-electron chi connectivity index (χ0n) is 11.9.